The first-order valence-corrected chi connectivity index (χ1v) is 7.32. The average molecular weight is 273 g/mol. The average Bonchev–Trinajstić information content (AvgIpc) is 2.14. The van der Waals surface area contributed by atoms with Crippen molar-refractivity contribution >= 4 is 28.6 Å². The Hall–Kier alpha value is -0.280. The fourth-order valence-corrected chi connectivity index (χ4v) is 1.54. The SMILES string of the molecule is COc1ccc(COP(=O)(Cl)Cl)cc1F. The second kappa shape index (κ2) is 5.17. The van der Waals surface area contributed by atoms with E-state index >= 15 is 0 Å². The second-order valence-electron chi connectivity index (χ2n) is 2.66. The normalized spacial score (nSPS) is 11.5. The fraction of sp³-hybridized carbons (Fsp3) is 0.250. The van der Waals surface area contributed by atoms with Crippen molar-refractivity contribution in [3.8, 4) is 5.75 Å². The third-order valence-corrected chi connectivity index (χ3v) is 2.61. The van der Waals surface area contributed by atoms with E-state index < -0.39 is 11.9 Å². The zero-order valence-corrected chi connectivity index (χ0v) is 10.2. The molecule has 1 rings (SSSR count). The maximum absolute atomic E-state index is 13.2. The molecule has 3 nitrogen and oxygen atoms in total. The minimum atomic E-state index is -3.57. The molecule has 1 aromatic carbocycles. The van der Waals surface area contributed by atoms with Crippen LogP contribution in [0.4, 0.5) is 4.39 Å². The first kappa shape index (κ1) is 12.8. The topological polar surface area (TPSA) is 35.5 Å². The Kier molecular flexibility index (Phi) is 4.41. The zero-order chi connectivity index (χ0) is 11.5. The maximum atomic E-state index is 13.2. The lowest BCUT2D eigenvalue weighted by Gasteiger charge is -2.06. The summed E-state index contributed by atoms with van der Waals surface area (Å²) in [6.07, 6.45) is -3.57. The molecule has 0 aliphatic rings. The van der Waals surface area contributed by atoms with Crippen LogP contribution in [0.2, 0.25) is 0 Å². The van der Waals surface area contributed by atoms with E-state index in [4.69, 9.17) is 27.2 Å². The number of methoxy groups -OCH3 is 1. The molecule has 0 saturated heterocycles. The summed E-state index contributed by atoms with van der Waals surface area (Å²) in [4.78, 5) is 0. The minimum absolute atomic E-state index is 0.120. The van der Waals surface area contributed by atoms with Crippen molar-refractivity contribution in [2.75, 3.05) is 7.11 Å². The number of halogens is 3. The molecule has 0 aliphatic heterocycles. The van der Waals surface area contributed by atoms with Gasteiger partial charge in [-0.1, -0.05) is 6.07 Å². The highest BCUT2D eigenvalue weighted by Gasteiger charge is 2.14. The molecule has 0 N–H and O–H groups in total. The van der Waals surface area contributed by atoms with Gasteiger partial charge in [0.1, 0.15) is 0 Å². The first-order valence-electron chi connectivity index (χ1n) is 3.88. The number of benzene rings is 1. The number of hydrogen-bond donors (Lipinski definition) is 0. The van der Waals surface area contributed by atoms with Crippen LogP contribution in [0.5, 0.6) is 5.75 Å². The fourth-order valence-electron chi connectivity index (χ4n) is 0.949. The summed E-state index contributed by atoms with van der Waals surface area (Å²) in [5.74, 6) is -0.406. The van der Waals surface area contributed by atoms with Crippen molar-refractivity contribution in [1.82, 2.24) is 0 Å². The monoisotopic (exact) mass is 272 g/mol. The van der Waals surface area contributed by atoms with E-state index in [2.05, 4.69) is 4.52 Å². The summed E-state index contributed by atoms with van der Waals surface area (Å²) in [7, 11) is 1.36. The van der Waals surface area contributed by atoms with E-state index in [-0.39, 0.29) is 12.4 Å². The summed E-state index contributed by atoms with van der Waals surface area (Å²) < 4.78 is 33.3. The third-order valence-electron chi connectivity index (χ3n) is 1.60. The van der Waals surface area contributed by atoms with E-state index in [1.807, 2.05) is 0 Å². The molecule has 0 aromatic heterocycles. The van der Waals surface area contributed by atoms with Crippen LogP contribution in [0.3, 0.4) is 0 Å². The van der Waals surface area contributed by atoms with Gasteiger partial charge in [0.15, 0.2) is 11.6 Å². The van der Waals surface area contributed by atoms with Crippen molar-refractivity contribution in [3.05, 3.63) is 29.6 Å². The van der Waals surface area contributed by atoms with Gasteiger partial charge in [0.05, 0.1) is 13.7 Å². The molecule has 84 valence electrons. The second-order valence-corrected chi connectivity index (χ2v) is 6.93. The predicted octanol–water partition coefficient (Wildman–Crippen LogP) is 3.94. The lowest BCUT2D eigenvalue weighted by molar-refractivity contribution is 0.321. The number of hydrogen-bond acceptors (Lipinski definition) is 3. The summed E-state index contributed by atoms with van der Waals surface area (Å²) in [6, 6.07) is 4.19. The Morgan fingerprint density at radius 2 is 2.13 bits per heavy atom. The summed E-state index contributed by atoms with van der Waals surface area (Å²) in [6.45, 7) is -0.120. The molecule has 0 bridgehead atoms. The highest BCUT2D eigenvalue weighted by Crippen LogP contribution is 2.58. The largest absolute Gasteiger partial charge is 0.494 e. The lowest BCUT2D eigenvalue weighted by atomic mass is 10.2. The quantitative estimate of drug-likeness (QED) is 0.779. The third kappa shape index (κ3) is 4.39. The van der Waals surface area contributed by atoms with Crippen LogP contribution in [0, 0.1) is 5.82 Å². The molecule has 0 fully saturated rings. The van der Waals surface area contributed by atoms with Gasteiger partial charge in [0, 0.05) is 0 Å². The lowest BCUT2D eigenvalue weighted by Crippen LogP contribution is -1.92. The molecule has 0 saturated carbocycles. The van der Waals surface area contributed by atoms with Gasteiger partial charge in [-0.3, -0.25) is 4.57 Å². The van der Waals surface area contributed by atoms with E-state index in [0.717, 1.165) is 0 Å². The van der Waals surface area contributed by atoms with Gasteiger partial charge in [0.2, 0.25) is 0 Å². The summed E-state index contributed by atoms with van der Waals surface area (Å²) in [5, 5.41) is 0. The van der Waals surface area contributed by atoms with Crippen LogP contribution >= 0.6 is 28.6 Å². The van der Waals surface area contributed by atoms with Crippen molar-refractivity contribution in [3.63, 3.8) is 0 Å². The Balaban J connectivity index is 2.72. The van der Waals surface area contributed by atoms with Crippen LogP contribution in [0.1, 0.15) is 5.56 Å². The minimum Gasteiger partial charge on any atom is -0.494 e. The van der Waals surface area contributed by atoms with Crippen LogP contribution in [0.25, 0.3) is 0 Å². The van der Waals surface area contributed by atoms with E-state index in [1.165, 1.54) is 19.2 Å². The Labute approximate surface area is 96.1 Å². The number of rotatable bonds is 4. The molecule has 0 atom stereocenters. The highest BCUT2D eigenvalue weighted by atomic mass is 35.9. The summed E-state index contributed by atoms with van der Waals surface area (Å²) in [5.41, 5.74) is 0.467. The molecule has 15 heavy (non-hydrogen) atoms. The molecule has 0 aliphatic carbocycles. The standard InChI is InChI=1S/C8H8Cl2FO3P/c1-13-8-3-2-6(4-7(8)11)5-14-15(9,10)12/h2-4H,5H2,1H3. The molecule has 0 spiro atoms. The van der Waals surface area contributed by atoms with Gasteiger partial charge in [-0.2, -0.15) is 0 Å². The van der Waals surface area contributed by atoms with Gasteiger partial charge in [-0.15, -0.1) is 0 Å². The maximum Gasteiger partial charge on any atom is 0.380 e. The van der Waals surface area contributed by atoms with Gasteiger partial charge in [-0.25, -0.2) is 4.39 Å². The zero-order valence-electron chi connectivity index (χ0n) is 7.75. The van der Waals surface area contributed by atoms with Gasteiger partial charge in [0.25, 0.3) is 0 Å². The van der Waals surface area contributed by atoms with Gasteiger partial charge >= 0.3 is 6.07 Å². The highest BCUT2D eigenvalue weighted by molar-refractivity contribution is 8.05. The van der Waals surface area contributed by atoms with Crippen LogP contribution in [-0.4, -0.2) is 7.11 Å². The molecule has 7 heteroatoms. The molecule has 0 unspecified atom stereocenters. The Morgan fingerprint density at radius 1 is 1.47 bits per heavy atom. The van der Waals surface area contributed by atoms with Crippen LogP contribution in [0.15, 0.2) is 18.2 Å². The molecule has 1 aromatic rings. The van der Waals surface area contributed by atoms with E-state index in [0.29, 0.717) is 5.56 Å². The van der Waals surface area contributed by atoms with Crippen LogP contribution in [-0.2, 0) is 15.7 Å². The summed E-state index contributed by atoms with van der Waals surface area (Å²) >= 11 is 10.3. The van der Waals surface area contributed by atoms with Crippen molar-refractivity contribution < 1.29 is 18.2 Å². The molecular formula is C8H8Cl2FO3P. The van der Waals surface area contributed by atoms with Crippen molar-refractivity contribution in [1.29, 1.82) is 0 Å². The van der Waals surface area contributed by atoms with E-state index in [9.17, 15) is 8.96 Å². The van der Waals surface area contributed by atoms with Crippen molar-refractivity contribution in [2.24, 2.45) is 0 Å². The molecule has 0 radical (unpaired) electrons. The van der Waals surface area contributed by atoms with Crippen molar-refractivity contribution in [2.45, 2.75) is 6.61 Å². The Bertz CT molecular complexity index is 393. The first-order chi connectivity index (χ1) is 6.92. The van der Waals surface area contributed by atoms with Gasteiger partial charge in [-0.05, 0) is 40.2 Å². The molecule has 0 heterocycles. The Morgan fingerprint density at radius 3 is 2.60 bits per heavy atom. The van der Waals surface area contributed by atoms with Gasteiger partial charge < -0.3 is 9.26 Å². The molecule has 0 amide bonds. The molecular weight excluding hydrogens is 265 g/mol. The smallest absolute Gasteiger partial charge is 0.380 e. The van der Waals surface area contributed by atoms with Crippen LogP contribution < -0.4 is 4.74 Å². The predicted molar refractivity (Wildman–Crippen MR) is 57.1 cm³/mol. The van der Waals surface area contributed by atoms with E-state index in [1.54, 1.807) is 6.07 Å². The number of ether oxygens (including phenoxy) is 1.